The van der Waals surface area contributed by atoms with Gasteiger partial charge in [0.05, 0.1) is 12.7 Å². The Labute approximate surface area is 121 Å². The van der Waals surface area contributed by atoms with Crippen LogP contribution < -0.4 is 5.32 Å². The van der Waals surface area contributed by atoms with E-state index in [1.807, 2.05) is 0 Å². The van der Waals surface area contributed by atoms with Crippen molar-refractivity contribution < 1.29 is 18.3 Å². The van der Waals surface area contributed by atoms with Crippen LogP contribution in [0.4, 0.5) is 8.78 Å². The second kappa shape index (κ2) is 6.95. The Morgan fingerprint density at radius 3 is 2.43 bits per heavy atom. The second-order valence-corrected chi connectivity index (χ2v) is 4.53. The van der Waals surface area contributed by atoms with E-state index in [1.165, 1.54) is 19.2 Å². The molecule has 0 amide bonds. The molecule has 2 rings (SSSR count). The molecule has 0 unspecified atom stereocenters. The van der Waals surface area contributed by atoms with Gasteiger partial charge in [-0.15, -0.1) is 0 Å². The first kappa shape index (κ1) is 15.1. The van der Waals surface area contributed by atoms with Crippen LogP contribution in [0.15, 0.2) is 42.5 Å². The summed E-state index contributed by atoms with van der Waals surface area (Å²) in [6, 6.07) is 10.4. The normalized spacial score (nSPS) is 10.4. The van der Waals surface area contributed by atoms with E-state index in [1.54, 1.807) is 24.3 Å². The summed E-state index contributed by atoms with van der Waals surface area (Å²) in [5, 5.41) is 3.06. The van der Waals surface area contributed by atoms with Crippen LogP contribution in [0, 0.1) is 11.6 Å². The molecule has 0 saturated carbocycles. The molecular formula is C16H15F2NO2. The minimum absolute atomic E-state index is 0.296. The number of nitrogens with one attached hydrogen (secondary N) is 1. The summed E-state index contributed by atoms with van der Waals surface area (Å²) in [7, 11) is 1.33. The molecule has 0 aliphatic heterocycles. The van der Waals surface area contributed by atoms with Crippen LogP contribution in [-0.2, 0) is 17.8 Å². The minimum Gasteiger partial charge on any atom is -0.465 e. The van der Waals surface area contributed by atoms with Gasteiger partial charge in [0.2, 0.25) is 0 Å². The molecule has 0 bridgehead atoms. The standard InChI is InChI=1S/C16H15F2NO2/c1-21-16(20)12-4-2-11(3-5-12)9-19-10-13-6-7-14(17)8-15(13)18/h2-8,19H,9-10H2,1H3. The lowest BCUT2D eigenvalue weighted by Gasteiger charge is -2.07. The Hall–Kier alpha value is -2.27. The highest BCUT2D eigenvalue weighted by Crippen LogP contribution is 2.10. The maximum Gasteiger partial charge on any atom is 0.337 e. The molecule has 5 heteroatoms. The van der Waals surface area contributed by atoms with Crippen LogP contribution in [0.1, 0.15) is 21.5 Å². The average Bonchev–Trinajstić information content (AvgIpc) is 2.49. The lowest BCUT2D eigenvalue weighted by atomic mass is 10.1. The van der Waals surface area contributed by atoms with Crippen molar-refractivity contribution in [3.05, 3.63) is 70.8 Å². The molecule has 0 radical (unpaired) electrons. The first-order valence-corrected chi connectivity index (χ1v) is 6.42. The molecule has 0 aliphatic carbocycles. The largest absolute Gasteiger partial charge is 0.465 e. The van der Waals surface area contributed by atoms with Crippen LogP contribution in [0.2, 0.25) is 0 Å². The highest BCUT2D eigenvalue weighted by atomic mass is 19.1. The molecule has 110 valence electrons. The van der Waals surface area contributed by atoms with Crippen molar-refractivity contribution in [2.75, 3.05) is 7.11 Å². The molecule has 1 N–H and O–H groups in total. The number of rotatable bonds is 5. The van der Waals surface area contributed by atoms with Gasteiger partial charge in [-0.1, -0.05) is 18.2 Å². The fraction of sp³-hybridized carbons (Fsp3) is 0.188. The minimum atomic E-state index is -0.588. The van der Waals surface area contributed by atoms with Crippen LogP contribution in [-0.4, -0.2) is 13.1 Å². The van der Waals surface area contributed by atoms with Crippen molar-refractivity contribution in [2.24, 2.45) is 0 Å². The van der Waals surface area contributed by atoms with Crippen molar-refractivity contribution in [1.82, 2.24) is 5.32 Å². The third-order valence-corrected chi connectivity index (χ3v) is 3.03. The van der Waals surface area contributed by atoms with Gasteiger partial charge in [-0.3, -0.25) is 0 Å². The molecule has 2 aromatic carbocycles. The lowest BCUT2D eigenvalue weighted by Crippen LogP contribution is -2.14. The summed E-state index contributed by atoms with van der Waals surface area (Å²) in [6.45, 7) is 0.809. The number of benzene rings is 2. The Morgan fingerprint density at radius 1 is 1.10 bits per heavy atom. The predicted octanol–water partition coefficient (Wildman–Crippen LogP) is 3.04. The molecule has 21 heavy (non-hydrogen) atoms. The third kappa shape index (κ3) is 4.10. The highest BCUT2D eigenvalue weighted by Gasteiger charge is 2.05. The zero-order valence-electron chi connectivity index (χ0n) is 11.5. The zero-order valence-corrected chi connectivity index (χ0v) is 11.5. The van der Waals surface area contributed by atoms with Gasteiger partial charge >= 0.3 is 5.97 Å². The molecule has 0 saturated heterocycles. The van der Waals surface area contributed by atoms with Crippen molar-refractivity contribution >= 4 is 5.97 Å². The first-order chi connectivity index (χ1) is 10.1. The maximum absolute atomic E-state index is 13.4. The smallest absolute Gasteiger partial charge is 0.337 e. The van der Waals surface area contributed by atoms with Gasteiger partial charge < -0.3 is 10.1 Å². The van der Waals surface area contributed by atoms with Gasteiger partial charge in [0.25, 0.3) is 0 Å². The van der Waals surface area contributed by atoms with Crippen LogP contribution in [0.25, 0.3) is 0 Å². The molecular weight excluding hydrogens is 276 g/mol. The molecule has 0 aliphatic rings. The third-order valence-electron chi connectivity index (χ3n) is 3.03. The van der Waals surface area contributed by atoms with Crippen molar-refractivity contribution in [3.63, 3.8) is 0 Å². The summed E-state index contributed by atoms with van der Waals surface area (Å²) >= 11 is 0. The molecule has 2 aromatic rings. The summed E-state index contributed by atoms with van der Waals surface area (Å²) in [5.74, 6) is -1.54. The highest BCUT2D eigenvalue weighted by molar-refractivity contribution is 5.89. The Balaban J connectivity index is 1.90. The number of hydrogen-bond donors (Lipinski definition) is 1. The van der Waals surface area contributed by atoms with Crippen molar-refractivity contribution in [1.29, 1.82) is 0 Å². The van der Waals surface area contributed by atoms with E-state index in [0.29, 0.717) is 24.2 Å². The zero-order chi connectivity index (χ0) is 15.2. The molecule has 0 heterocycles. The summed E-state index contributed by atoms with van der Waals surface area (Å²) in [4.78, 5) is 11.3. The average molecular weight is 291 g/mol. The predicted molar refractivity (Wildman–Crippen MR) is 74.7 cm³/mol. The quantitative estimate of drug-likeness (QED) is 0.861. The fourth-order valence-corrected chi connectivity index (χ4v) is 1.88. The fourth-order valence-electron chi connectivity index (χ4n) is 1.88. The number of esters is 1. The number of halogens is 2. The van der Waals surface area contributed by atoms with Gasteiger partial charge in [-0.2, -0.15) is 0 Å². The van der Waals surface area contributed by atoms with E-state index < -0.39 is 11.6 Å². The second-order valence-electron chi connectivity index (χ2n) is 4.53. The monoisotopic (exact) mass is 291 g/mol. The topological polar surface area (TPSA) is 38.3 Å². The Kier molecular flexibility index (Phi) is 5.00. The van der Waals surface area contributed by atoms with E-state index in [2.05, 4.69) is 10.1 Å². The number of methoxy groups -OCH3 is 1. The van der Waals surface area contributed by atoms with Crippen molar-refractivity contribution in [2.45, 2.75) is 13.1 Å². The Bertz CT molecular complexity index is 627. The summed E-state index contributed by atoms with van der Waals surface area (Å²) in [5.41, 5.74) is 1.83. The van der Waals surface area contributed by atoms with Gasteiger partial charge in [0.15, 0.2) is 0 Å². The first-order valence-electron chi connectivity index (χ1n) is 6.42. The summed E-state index contributed by atoms with van der Waals surface area (Å²) in [6.07, 6.45) is 0. The SMILES string of the molecule is COC(=O)c1ccc(CNCc2ccc(F)cc2F)cc1. The van der Waals surface area contributed by atoms with Crippen LogP contribution >= 0.6 is 0 Å². The van der Waals surface area contributed by atoms with Gasteiger partial charge in [-0.05, 0) is 23.8 Å². The van der Waals surface area contributed by atoms with E-state index >= 15 is 0 Å². The van der Waals surface area contributed by atoms with Crippen molar-refractivity contribution in [3.8, 4) is 0 Å². The number of carbonyl (C=O) groups is 1. The molecule has 0 atom stereocenters. The maximum atomic E-state index is 13.4. The molecule has 0 spiro atoms. The molecule has 0 fully saturated rings. The van der Waals surface area contributed by atoms with E-state index in [-0.39, 0.29) is 5.97 Å². The molecule has 3 nitrogen and oxygen atoms in total. The number of ether oxygens (including phenoxy) is 1. The van der Waals surface area contributed by atoms with E-state index in [4.69, 9.17) is 0 Å². The Morgan fingerprint density at radius 2 is 1.81 bits per heavy atom. The molecule has 0 aromatic heterocycles. The van der Waals surface area contributed by atoms with Gasteiger partial charge in [-0.25, -0.2) is 13.6 Å². The van der Waals surface area contributed by atoms with E-state index in [9.17, 15) is 13.6 Å². The number of carbonyl (C=O) groups excluding carboxylic acids is 1. The van der Waals surface area contributed by atoms with Gasteiger partial charge in [0, 0.05) is 24.7 Å². The summed E-state index contributed by atoms with van der Waals surface area (Å²) < 4.78 is 30.8. The lowest BCUT2D eigenvalue weighted by molar-refractivity contribution is 0.0600. The van der Waals surface area contributed by atoms with Crippen LogP contribution in [0.5, 0.6) is 0 Å². The number of hydrogen-bond acceptors (Lipinski definition) is 3. The van der Waals surface area contributed by atoms with E-state index in [0.717, 1.165) is 11.6 Å². The van der Waals surface area contributed by atoms with Crippen LogP contribution in [0.3, 0.4) is 0 Å². The van der Waals surface area contributed by atoms with Gasteiger partial charge in [0.1, 0.15) is 11.6 Å².